The predicted octanol–water partition coefficient (Wildman–Crippen LogP) is 6.66. The van der Waals surface area contributed by atoms with E-state index in [1.54, 1.807) is 36.0 Å². The Morgan fingerprint density at radius 2 is 1.69 bits per heavy atom. The molecule has 9 heteroatoms. The van der Waals surface area contributed by atoms with Crippen LogP contribution in [0.4, 0.5) is 5.69 Å². The number of imide groups is 1. The van der Waals surface area contributed by atoms with Gasteiger partial charge in [0.1, 0.15) is 12.4 Å². The Kier molecular flexibility index (Phi) is 6.18. The molecule has 0 spiro atoms. The van der Waals surface area contributed by atoms with Gasteiger partial charge in [0.05, 0.1) is 22.5 Å². The van der Waals surface area contributed by atoms with Gasteiger partial charge in [-0.1, -0.05) is 64.9 Å². The highest BCUT2D eigenvalue weighted by molar-refractivity contribution is 8.00. The Morgan fingerprint density at radius 3 is 2.43 bits per heavy atom. The summed E-state index contributed by atoms with van der Waals surface area (Å²) in [6.45, 7) is 2.56. The molecule has 2 aliphatic carbocycles. The standard InChI is InChI=1S/C33H27ClN2O4S2/c1-16-3-2-4-17(13-16)15-40-21-11-5-18(6-12-21)24-25-22-14-23(28(25)41-30-29(24)42-33(39)35-30)27-26(22)31(37)36(32(27)38)20-9-7-19(34)8-10-20/h2-13,22-28H,14-15H2,1H3,(H,35,39)/t22?,23?,24-,25?,26?,27?,28?/m1/s1. The highest BCUT2D eigenvalue weighted by atomic mass is 35.5. The summed E-state index contributed by atoms with van der Waals surface area (Å²) < 4.78 is 6.09. The summed E-state index contributed by atoms with van der Waals surface area (Å²) in [5.41, 5.74) is 4.01. The molecule has 2 aliphatic heterocycles. The number of nitrogens with zero attached hydrogens (tertiary/aromatic N) is 1. The first-order valence-corrected chi connectivity index (χ1v) is 16.3. The number of hydrogen-bond donors (Lipinski definition) is 1. The van der Waals surface area contributed by atoms with Crippen molar-refractivity contribution in [1.29, 1.82) is 0 Å². The fourth-order valence-corrected chi connectivity index (χ4v) is 11.0. The van der Waals surface area contributed by atoms with E-state index in [1.165, 1.54) is 21.8 Å². The van der Waals surface area contributed by atoms with Crippen molar-refractivity contribution in [2.24, 2.45) is 29.6 Å². The number of aromatic amines is 1. The van der Waals surface area contributed by atoms with Crippen molar-refractivity contribution in [1.82, 2.24) is 4.98 Å². The quantitative estimate of drug-likeness (QED) is 0.255. The lowest BCUT2D eigenvalue weighted by atomic mass is 9.68. The number of anilines is 1. The van der Waals surface area contributed by atoms with E-state index in [4.69, 9.17) is 16.3 Å². The fraction of sp³-hybridized carbons (Fsp3) is 0.303. The van der Waals surface area contributed by atoms with Gasteiger partial charge in [-0.3, -0.25) is 19.3 Å². The lowest BCUT2D eigenvalue weighted by molar-refractivity contribution is -0.123. The molecule has 3 heterocycles. The number of fused-ring (bicyclic) bond motifs is 9. The molecule has 1 saturated heterocycles. The number of H-pyrrole nitrogens is 1. The smallest absolute Gasteiger partial charge is 0.305 e. The highest BCUT2D eigenvalue weighted by Gasteiger charge is 2.69. The molecule has 42 heavy (non-hydrogen) atoms. The molecule has 212 valence electrons. The van der Waals surface area contributed by atoms with Gasteiger partial charge in [0.15, 0.2) is 0 Å². The molecule has 2 saturated carbocycles. The molecular formula is C33H27ClN2O4S2. The number of benzene rings is 3. The van der Waals surface area contributed by atoms with Gasteiger partial charge in [-0.05, 0) is 78.6 Å². The largest absolute Gasteiger partial charge is 0.489 e. The molecule has 7 atom stereocenters. The van der Waals surface area contributed by atoms with Crippen molar-refractivity contribution < 1.29 is 14.3 Å². The third kappa shape index (κ3) is 4.02. The van der Waals surface area contributed by atoms with Crippen molar-refractivity contribution in [2.45, 2.75) is 36.1 Å². The summed E-state index contributed by atoms with van der Waals surface area (Å²) in [6.07, 6.45) is 0.858. The van der Waals surface area contributed by atoms with E-state index in [-0.39, 0.29) is 57.4 Å². The minimum atomic E-state index is -0.336. The van der Waals surface area contributed by atoms with E-state index in [1.807, 2.05) is 18.2 Å². The summed E-state index contributed by atoms with van der Waals surface area (Å²) >= 11 is 9.05. The van der Waals surface area contributed by atoms with Crippen LogP contribution in [-0.4, -0.2) is 22.0 Å². The van der Waals surface area contributed by atoms with Gasteiger partial charge in [0.25, 0.3) is 0 Å². The van der Waals surface area contributed by atoms with Crippen LogP contribution >= 0.6 is 34.7 Å². The third-order valence-corrected chi connectivity index (χ3v) is 12.4. The van der Waals surface area contributed by atoms with Crippen molar-refractivity contribution in [3.63, 3.8) is 0 Å². The molecule has 0 radical (unpaired) electrons. The lowest BCUT2D eigenvalue weighted by Crippen LogP contribution is -2.42. The number of ether oxygens (including phenoxy) is 1. The number of hydrogen-bond acceptors (Lipinski definition) is 6. The van der Waals surface area contributed by atoms with E-state index in [9.17, 15) is 14.4 Å². The number of aryl methyl sites for hydroxylation is 1. The number of thiazole rings is 1. The van der Waals surface area contributed by atoms with Crippen LogP contribution in [0.15, 0.2) is 82.6 Å². The average Bonchev–Trinajstić information content (AvgIpc) is 3.72. The molecule has 1 aromatic heterocycles. The molecule has 3 fully saturated rings. The van der Waals surface area contributed by atoms with Gasteiger partial charge < -0.3 is 9.72 Å². The Labute approximate surface area is 256 Å². The Bertz CT molecular complexity index is 1780. The first-order chi connectivity index (χ1) is 20.4. The molecule has 3 aromatic carbocycles. The molecule has 1 N–H and O–H groups in total. The Hall–Kier alpha value is -3.33. The van der Waals surface area contributed by atoms with Crippen LogP contribution in [0.5, 0.6) is 5.75 Å². The molecule has 4 aliphatic rings. The molecule has 6 nitrogen and oxygen atoms in total. The number of aromatic nitrogens is 1. The van der Waals surface area contributed by atoms with Crippen LogP contribution in [0.1, 0.15) is 33.9 Å². The van der Waals surface area contributed by atoms with Crippen LogP contribution in [0.2, 0.25) is 5.02 Å². The SMILES string of the molecule is Cc1cccc(COc2ccc([C@H]3c4sc(=O)[nH]c4SC4C5CC(C6C(=O)N(c7ccc(Cl)cc7)C(=O)C56)C43)cc2)c1. The maximum Gasteiger partial charge on any atom is 0.305 e. The summed E-state index contributed by atoms with van der Waals surface area (Å²) in [7, 11) is 0. The van der Waals surface area contributed by atoms with Crippen molar-refractivity contribution in [3.05, 3.63) is 109 Å². The number of carbonyl (C=O) groups excluding carboxylic acids is 2. The summed E-state index contributed by atoms with van der Waals surface area (Å²) in [5.74, 6) is 0.204. The summed E-state index contributed by atoms with van der Waals surface area (Å²) in [5, 5.41) is 1.62. The third-order valence-electron chi connectivity index (χ3n) is 9.54. The topological polar surface area (TPSA) is 79.5 Å². The van der Waals surface area contributed by atoms with Gasteiger partial charge in [-0.15, -0.1) is 11.8 Å². The van der Waals surface area contributed by atoms with Crippen molar-refractivity contribution in [2.75, 3.05) is 4.90 Å². The van der Waals surface area contributed by atoms with Gasteiger partial charge in [-0.25, -0.2) is 0 Å². The van der Waals surface area contributed by atoms with Crippen molar-refractivity contribution >= 4 is 52.2 Å². The number of halogens is 1. The molecule has 2 bridgehead atoms. The molecule has 8 rings (SSSR count). The second-order valence-corrected chi connectivity index (χ2v) is 14.4. The monoisotopic (exact) mass is 614 g/mol. The van der Waals surface area contributed by atoms with Crippen LogP contribution < -0.4 is 14.5 Å². The molecule has 2 amide bonds. The van der Waals surface area contributed by atoms with Gasteiger partial charge in [0, 0.05) is 21.1 Å². The zero-order chi connectivity index (χ0) is 28.7. The van der Waals surface area contributed by atoms with Gasteiger partial charge in [0.2, 0.25) is 11.8 Å². The van der Waals surface area contributed by atoms with E-state index in [2.05, 4.69) is 42.2 Å². The second kappa shape index (κ2) is 9.86. The van der Waals surface area contributed by atoms with Crippen LogP contribution in [0.3, 0.4) is 0 Å². The summed E-state index contributed by atoms with van der Waals surface area (Å²) in [6, 6.07) is 23.4. The van der Waals surface area contributed by atoms with Crippen LogP contribution in [-0.2, 0) is 16.2 Å². The molecular weight excluding hydrogens is 588 g/mol. The molecule has 6 unspecified atom stereocenters. The van der Waals surface area contributed by atoms with Gasteiger partial charge >= 0.3 is 4.87 Å². The van der Waals surface area contributed by atoms with E-state index < -0.39 is 0 Å². The number of thioether (sulfide) groups is 1. The Balaban J connectivity index is 1.11. The van der Waals surface area contributed by atoms with Gasteiger partial charge in [-0.2, -0.15) is 0 Å². The van der Waals surface area contributed by atoms with E-state index in [0.717, 1.165) is 33.2 Å². The number of amides is 2. The maximum absolute atomic E-state index is 13.9. The second-order valence-electron chi connectivity index (χ2n) is 11.8. The lowest BCUT2D eigenvalue weighted by Gasteiger charge is -2.43. The van der Waals surface area contributed by atoms with Crippen LogP contribution in [0, 0.1) is 36.5 Å². The zero-order valence-corrected chi connectivity index (χ0v) is 25.0. The first kappa shape index (κ1) is 26.3. The predicted molar refractivity (Wildman–Crippen MR) is 164 cm³/mol. The Morgan fingerprint density at radius 1 is 0.952 bits per heavy atom. The maximum atomic E-state index is 13.9. The van der Waals surface area contributed by atoms with E-state index in [0.29, 0.717) is 17.3 Å². The normalized spacial score (nSPS) is 29.0. The summed E-state index contributed by atoms with van der Waals surface area (Å²) in [4.78, 5) is 45.6. The van der Waals surface area contributed by atoms with Crippen molar-refractivity contribution in [3.8, 4) is 5.75 Å². The van der Waals surface area contributed by atoms with E-state index >= 15 is 0 Å². The number of rotatable bonds is 5. The molecule has 4 aromatic rings. The number of carbonyl (C=O) groups is 2. The van der Waals surface area contributed by atoms with Crippen LogP contribution in [0.25, 0.3) is 0 Å². The highest BCUT2D eigenvalue weighted by Crippen LogP contribution is 2.68. The first-order valence-electron chi connectivity index (χ1n) is 14.2. The zero-order valence-electron chi connectivity index (χ0n) is 22.7. The average molecular weight is 615 g/mol. The number of nitrogens with one attached hydrogen (secondary N) is 1. The minimum absolute atomic E-state index is 0.0237. The minimum Gasteiger partial charge on any atom is -0.489 e. The fourth-order valence-electron chi connectivity index (χ4n) is 7.97.